The van der Waals surface area contributed by atoms with Crippen LogP contribution >= 0.6 is 0 Å². The van der Waals surface area contributed by atoms with Crippen LogP contribution in [0.5, 0.6) is 0 Å². The molecule has 0 unspecified atom stereocenters. The largest absolute Gasteiger partial charge is 0.302 e. The zero-order valence-electron chi connectivity index (χ0n) is 8.65. The Morgan fingerprint density at radius 3 is 2.29 bits per heavy atom. The smallest absolute Gasteiger partial charge is 0.269 e. The summed E-state index contributed by atoms with van der Waals surface area (Å²) in [7, 11) is 0. The minimum Gasteiger partial charge on any atom is -0.302 e. The Balaban J connectivity index is 1.81. The van der Waals surface area contributed by atoms with Gasteiger partial charge in [0.1, 0.15) is 0 Å². The molecule has 2 rings (SSSR count). The predicted molar refractivity (Wildman–Crippen MR) is 52.3 cm³/mol. The van der Waals surface area contributed by atoms with E-state index in [1.54, 1.807) is 0 Å². The second-order valence-electron chi connectivity index (χ2n) is 4.95. The summed E-state index contributed by atoms with van der Waals surface area (Å²) in [5.41, 5.74) is 0.886. The third-order valence-electron chi connectivity index (χ3n) is 3.44. The van der Waals surface area contributed by atoms with Crippen LogP contribution < -0.4 is 0 Å². The van der Waals surface area contributed by atoms with Crippen molar-refractivity contribution in [3.05, 3.63) is 11.7 Å². The topological polar surface area (TPSA) is 3.24 Å². The van der Waals surface area contributed by atoms with E-state index in [-0.39, 0.29) is 0 Å². The summed E-state index contributed by atoms with van der Waals surface area (Å²) in [4.78, 5) is 2.33. The molecule has 1 aliphatic heterocycles. The molecule has 1 nitrogen and oxygen atoms in total. The van der Waals surface area contributed by atoms with Crippen LogP contribution in [-0.4, -0.2) is 24.5 Å². The van der Waals surface area contributed by atoms with Gasteiger partial charge in [0.2, 0.25) is 0 Å². The quantitative estimate of drug-likeness (QED) is 0.663. The van der Waals surface area contributed by atoms with Gasteiger partial charge in [-0.05, 0) is 36.7 Å². The van der Waals surface area contributed by atoms with Gasteiger partial charge in [0.05, 0.1) is 0 Å². The fourth-order valence-corrected chi connectivity index (χ4v) is 2.08. The molecule has 1 saturated carbocycles. The minimum absolute atomic E-state index is 0.377. The van der Waals surface area contributed by atoms with Crippen molar-refractivity contribution < 1.29 is 8.78 Å². The van der Waals surface area contributed by atoms with E-state index in [1.165, 1.54) is 12.8 Å². The van der Waals surface area contributed by atoms with E-state index in [9.17, 15) is 8.78 Å². The number of hydrogen-bond donors (Lipinski definition) is 0. The fraction of sp³-hybridized carbons (Fsp3) is 0.818. The molecule has 1 heterocycles. The third-order valence-corrected chi connectivity index (χ3v) is 3.44. The van der Waals surface area contributed by atoms with E-state index in [2.05, 4.69) is 11.8 Å². The van der Waals surface area contributed by atoms with Crippen LogP contribution in [0.4, 0.5) is 8.78 Å². The lowest BCUT2D eigenvalue weighted by Crippen LogP contribution is -2.35. The summed E-state index contributed by atoms with van der Waals surface area (Å²) < 4.78 is 24.5. The van der Waals surface area contributed by atoms with E-state index in [4.69, 9.17) is 0 Å². The molecule has 14 heavy (non-hydrogen) atoms. The molecule has 2 aliphatic rings. The number of piperidine rings is 1. The fourth-order valence-electron chi connectivity index (χ4n) is 2.08. The van der Waals surface area contributed by atoms with Gasteiger partial charge in [-0.2, -0.15) is 8.78 Å². The first-order valence-electron chi connectivity index (χ1n) is 5.34. The molecular formula is C11H17F2N. The standard InChI is InChI=1S/C11H17F2N/c1-11(4-5-11)8-14-6-2-9(3-7-14)10(12)13/h2-8H2,1H3. The number of hydrogen-bond acceptors (Lipinski definition) is 1. The molecule has 0 spiro atoms. The van der Waals surface area contributed by atoms with E-state index in [0.29, 0.717) is 23.8 Å². The van der Waals surface area contributed by atoms with Crippen molar-refractivity contribution in [2.75, 3.05) is 19.6 Å². The SMILES string of the molecule is CC1(CN2CCC(=C(F)F)CC2)CC1. The monoisotopic (exact) mass is 201 g/mol. The molecule has 0 N–H and O–H groups in total. The van der Waals surface area contributed by atoms with Gasteiger partial charge in [-0.3, -0.25) is 0 Å². The van der Waals surface area contributed by atoms with Gasteiger partial charge in [0.25, 0.3) is 6.08 Å². The third kappa shape index (κ3) is 2.32. The first-order chi connectivity index (χ1) is 6.59. The molecule has 0 aromatic rings. The van der Waals surface area contributed by atoms with Crippen LogP contribution in [0.3, 0.4) is 0 Å². The lowest BCUT2D eigenvalue weighted by molar-refractivity contribution is 0.209. The predicted octanol–water partition coefficient (Wildman–Crippen LogP) is 3.03. The van der Waals surface area contributed by atoms with Gasteiger partial charge in [-0.15, -0.1) is 0 Å². The molecule has 0 atom stereocenters. The molecule has 0 aromatic carbocycles. The molecule has 0 amide bonds. The highest BCUT2D eigenvalue weighted by molar-refractivity contribution is 5.06. The molecule has 80 valence electrons. The number of likely N-dealkylation sites (tertiary alicyclic amines) is 1. The summed E-state index contributed by atoms with van der Waals surface area (Å²) >= 11 is 0. The first-order valence-corrected chi connectivity index (χ1v) is 5.34. The average molecular weight is 201 g/mol. The van der Waals surface area contributed by atoms with Crippen molar-refractivity contribution in [2.45, 2.75) is 32.6 Å². The Morgan fingerprint density at radius 2 is 1.86 bits per heavy atom. The second kappa shape index (κ2) is 3.61. The molecule has 1 saturated heterocycles. The minimum atomic E-state index is -1.44. The molecule has 0 aromatic heterocycles. The van der Waals surface area contributed by atoms with Crippen molar-refractivity contribution in [3.8, 4) is 0 Å². The van der Waals surface area contributed by atoms with Gasteiger partial charge < -0.3 is 4.90 Å². The van der Waals surface area contributed by atoms with Gasteiger partial charge in [-0.25, -0.2) is 0 Å². The van der Waals surface area contributed by atoms with Crippen LogP contribution in [0.15, 0.2) is 11.7 Å². The molecule has 3 heteroatoms. The van der Waals surface area contributed by atoms with Crippen LogP contribution in [0, 0.1) is 5.41 Å². The van der Waals surface area contributed by atoms with Gasteiger partial charge in [0.15, 0.2) is 0 Å². The van der Waals surface area contributed by atoms with E-state index in [1.807, 2.05) is 0 Å². The number of rotatable bonds is 2. The zero-order valence-corrected chi connectivity index (χ0v) is 8.65. The summed E-state index contributed by atoms with van der Waals surface area (Å²) in [5, 5.41) is 0. The zero-order chi connectivity index (χ0) is 10.2. The first kappa shape index (κ1) is 10.1. The summed E-state index contributed by atoms with van der Waals surface area (Å²) in [5.74, 6) is 0. The Hall–Kier alpha value is -0.440. The normalized spacial score (nSPS) is 26.4. The number of nitrogens with zero attached hydrogens (tertiary/aromatic N) is 1. The van der Waals surface area contributed by atoms with E-state index >= 15 is 0 Å². The van der Waals surface area contributed by atoms with Crippen LogP contribution in [0.1, 0.15) is 32.6 Å². The highest BCUT2D eigenvalue weighted by Crippen LogP contribution is 2.45. The lowest BCUT2D eigenvalue weighted by atomic mass is 10.0. The Kier molecular flexibility index (Phi) is 2.60. The van der Waals surface area contributed by atoms with Crippen molar-refractivity contribution in [2.24, 2.45) is 5.41 Å². The van der Waals surface area contributed by atoms with Crippen LogP contribution in [0.25, 0.3) is 0 Å². The Morgan fingerprint density at radius 1 is 1.29 bits per heavy atom. The Bertz CT molecular complexity index is 242. The molecule has 0 radical (unpaired) electrons. The number of halogens is 2. The van der Waals surface area contributed by atoms with Gasteiger partial charge in [0, 0.05) is 19.6 Å². The maximum Gasteiger partial charge on any atom is 0.269 e. The average Bonchev–Trinajstić information content (AvgIpc) is 2.84. The van der Waals surface area contributed by atoms with Crippen molar-refractivity contribution in [1.82, 2.24) is 4.90 Å². The van der Waals surface area contributed by atoms with Gasteiger partial charge in [-0.1, -0.05) is 6.92 Å². The molecule has 2 fully saturated rings. The van der Waals surface area contributed by atoms with Crippen molar-refractivity contribution in [3.63, 3.8) is 0 Å². The van der Waals surface area contributed by atoms with Gasteiger partial charge >= 0.3 is 0 Å². The maximum absolute atomic E-state index is 12.3. The van der Waals surface area contributed by atoms with E-state index in [0.717, 1.165) is 19.6 Å². The van der Waals surface area contributed by atoms with Crippen LogP contribution in [0.2, 0.25) is 0 Å². The summed E-state index contributed by atoms with van der Waals surface area (Å²) in [6.07, 6.45) is 2.31. The molecule has 0 bridgehead atoms. The van der Waals surface area contributed by atoms with Crippen LogP contribution in [-0.2, 0) is 0 Å². The molecule has 1 aliphatic carbocycles. The second-order valence-corrected chi connectivity index (χ2v) is 4.95. The highest BCUT2D eigenvalue weighted by Gasteiger charge is 2.39. The summed E-state index contributed by atoms with van der Waals surface area (Å²) in [6, 6.07) is 0. The lowest BCUT2D eigenvalue weighted by Gasteiger charge is -2.30. The van der Waals surface area contributed by atoms with Crippen molar-refractivity contribution in [1.29, 1.82) is 0 Å². The van der Waals surface area contributed by atoms with E-state index < -0.39 is 6.08 Å². The Labute approximate surface area is 83.8 Å². The molecular weight excluding hydrogens is 184 g/mol. The van der Waals surface area contributed by atoms with Crippen molar-refractivity contribution >= 4 is 0 Å². The maximum atomic E-state index is 12.3. The highest BCUT2D eigenvalue weighted by atomic mass is 19.3. The summed E-state index contributed by atoms with van der Waals surface area (Å²) in [6.45, 7) is 5.03.